The van der Waals surface area contributed by atoms with Crippen molar-refractivity contribution in [3.05, 3.63) is 65.1 Å². The first-order chi connectivity index (χ1) is 13.6. The van der Waals surface area contributed by atoms with Crippen molar-refractivity contribution in [1.29, 1.82) is 0 Å². The minimum atomic E-state index is -0.555. The molecule has 1 aliphatic rings. The molecule has 144 valence electrons. The molecule has 0 aromatic heterocycles. The van der Waals surface area contributed by atoms with Crippen molar-refractivity contribution >= 4 is 40.5 Å². The second-order valence-electron chi connectivity index (χ2n) is 6.09. The van der Waals surface area contributed by atoms with Gasteiger partial charge in [-0.3, -0.25) is 14.5 Å². The van der Waals surface area contributed by atoms with Crippen molar-refractivity contribution in [3.63, 3.8) is 0 Å². The zero-order chi connectivity index (χ0) is 19.9. The van der Waals surface area contributed by atoms with Gasteiger partial charge in [-0.05, 0) is 42.5 Å². The van der Waals surface area contributed by atoms with Crippen LogP contribution in [-0.2, 0) is 9.59 Å². The predicted molar refractivity (Wildman–Crippen MR) is 112 cm³/mol. The minimum absolute atomic E-state index is 0.0914. The number of ether oxygens (including phenoxy) is 1. The fourth-order valence-corrected chi connectivity index (χ4v) is 3.66. The van der Waals surface area contributed by atoms with Crippen LogP contribution in [0, 0.1) is 0 Å². The fraction of sp³-hybridized carbons (Fsp3) is 0.190. The quantitative estimate of drug-likeness (QED) is 0.727. The van der Waals surface area contributed by atoms with Crippen LogP contribution in [-0.4, -0.2) is 35.0 Å². The number of rotatable bonds is 7. The van der Waals surface area contributed by atoms with E-state index < -0.39 is 5.91 Å². The number of carbonyl (C=O) groups is 2. The van der Waals surface area contributed by atoms with Crippen LogP contribution in [0.4, 0.5) is 5.69 Å². The Morgan fingerprint density at radius 1 is 1.18 bits per heavy atom. The van der Waals surface area contributed by atoms with Crippen molar-refractivity contribution in [1.82, 2.24) is 4.90 Å². The number of nitrogens with two attached hydrogens (primary N) is 1. The normalized spacial score (nSPS) is 16.8. The van der Waals surface area contributed by atoms with Gasteiger partial charge in [-0.2, -0.15) is 0 Å². The molecule has 0 aliphatic carbocycles. The van der Waals surface area contributed by atoms with Crippen molar-refractivity contribution in [3.8, 4) is 5.75 Å². The lowest BCUT2D eigenvalue weighted by molar-refractivity contribution is -0.122. The van der Waals surface area contributed by atoms with Crippen LogP contribution >= 0.6 is 11.8 Å². The van der Waals surface area contributed by atoms with E-state index in [0.717, 1.165) is 12.1 Å². The molecule has 0 spiro atoms. The molecular formula is C21H21N3O3S. The number of thioether (sulfide) groups is 1. The predicted octanol–water partition coefficient (Wildman–Crippen LogP) is 3.56. The SMILES string of the molecule is CCCN1C(=O)/C(=C\c2ccccc2OCC(N)=O)SC1=Nc1ccccc1. The van der Waals surface area contributed by atoms with Crippen LogP contribution in [0.5, 0.6) is 5.75 Å². The molecule has 2 aromatic rings. The van der Waals surface area contributed by atoms with Crippen molar-refractivity contribution in [2.24, 2.45) is 10.7 Å². The first-order valence-corrected chi connectivity index (χ1v) is 9.75. The Morgan fingerprint density at radius 3 is 2.61 bits per heavy atom. The number of hydrogen-bond donors (Lipinski definition) is 1. The number of benzene rings is 2. The molecule has 1 saturated heterocycles. The van der Waals surface area contributed by atoms with Crippen LogP contribution in [0.15, 0.2) is 64.5 Å². The van der Waals surface area contributed by atoms with Crippen LogP contribution in [0.25, 0.3) is 6.08 Å². The molecule has 1 heterocycles. The molecule has 0 radical (unpaired) electrons. The van der Waals surface area contributed by atoms with Crippen LogP contribution < -0.4 is 10.5 Å². The highest BCUT2D eigenvalue weighted by molar-refractivity contribution is 8.18. The lowest BCUT2D eigenvalue weighted by Gasteiger charge is -2.13. The zero-order valence-electron chi connectivity index (χ0n) is 15.5. The summed E-state index contributed by atoms with van der Waals surface area (Å²) in [6, 6.07) is 16.8. The van der Waals surface area contributed by atoms with Gasteiger partial charge in [0, 0.05) is 12.1 Å². The summed E-state index contributed by atoms with van der Waals surface area (Å²) in [6.07, 6.45) is 2.59. The largest absolute Gasteiger partial charge is 0.483 e. The summed E-state index contributed by atoms with van der Waals surface area (Å²) < 4.78 is 5.46. The summed E-state index contributed by atoms with van der Waals surface area (Å²) >= 11 is 1.33. The molecule has 3 rings (SSSR count). The Bertz CT molecular complexity index is 926. The molecule has 0 saturated carbocycles. The highest BCUT2D eigenvalue weighted by Gasteiger charge is 2.33. The van der Waals surface area contributed by atoms with Crippen LogP contribution in [0.1, 0.15) is 18.9 Å². The van der Waals surface area contributed by atoms with E-state index in [1.54, 1.807) is 23.1 Å². The van der Waals surface area contributed by atoms with Gasteiger partial charge in [-0.25, -0.2) is 4.99 Å². The molecule has 2 aromatic carbocycles. The zero-order valence-corrected chi connectivity index (χ0v) is 16.3. The van der Waals surface area contributed by atoms with E-state index in [-0.39, 0.29) is 12.5 Å². The molecule has 6 nitrogen and oxygen atoms in total. The maximum Gasteiger partial charge on any atom is 0.266 e. The van der Waals surface area contributed by atoms with E-state index >= 15 is 0 Å². The lowest BCUT2D eigenvalue weighted by atomic mass is 10.2. The van der Waals surface area contributed by atoms with Gasteiger partial charge in [-0.15, -0.1) is 0 Å². The Kier molecular flexibility index (Phi) is 6.49. The molecule has 0 bridgehead atoms. The fourth-order valence-electron chi connectivity index (χ4n) is 2.65. The minimum Gasteiger partial charge on any atom is -0.483 e. The van der Waals surface area contributed by atoms with Crippen molar-refractivity contribution in [2.75, 3.05) is 13.2 Å². The van der Waals surface area contributed by atoms with Gasteiger partial charge < -0.3 is 10.5 Å². The van der Waals surface area contributed by atoms with Crippen LogP contribution in [0.2, 0.25) is 0 Å². The molecule has 28 heavy (non-hydrogen) atoms. The van der Waals surface area contributed by atoms with Crippen molar-refractivity contribution in [2.45, 2.75) is 13.3 Å². The van der Waals surface area contributed by atoms with Crippen LogP contribution in [0.3, 0.4) is 0 Å². The second-order valence-corrected chi connectivity index (χ2v) is 7.10. The van der Waals surface area contributed by atoms with Crippen molar-refractivity contribution < 1.29 is 14.3 Å². The maximum atomic E-state index is 12.9. The number of para-hydroxylation sites is 2. The molecule has 7 heteroatoms. The van der Waals surface area contributed by atoms with Gasteiger partial charge >= 0.3 is 0 Å². The average molecular weight is 395 g/mol. The van der Waals surface area contributed by atoms with Gasteiger partial charge in [0.1, 0.15) is 5.75 Å². The highest BCUT2D eigenvalue weighted by atomic mass is 32.2. The molecule has 0 unspecified atom stereocenters. The lowest BCUT2D eigenvalue weighted by Crippen LogP contribution is -2.29. The molecule has 2 N–H and O–H groups in total. The Balaban J connectivity index is 1.91. The summed E-state index contributed by atoms with van der Waals surface area (Å²) in [5.74, 6) is -0.149. The van der Waals surface area contributed by atoms with E-state index in [9.17, 15) is 9.59 Å². The van der Waals surface area contributed by atoms with Gasteiger partial charge in [0.15, 0.2) is 11.8 Å². The Hall–Kier alpha value is -3.06. The number of amidine groups is 1. The van der Waals surface area contributed by atoms with E-state index in [0.29, 0.717) is 27.9 Å². The molecule has 1 aliphatic heterocycles. The van der Waals surface area contributed by atoms with Gasteiger partial charge in [-0.1, -0.05) is 43.3 Å². The monoisotopic (exact) mass is 395 g/mol. The number of carbonyl (C=O) groups excluding carboxylic acids is 2. The Labute approximate surface area is 168 Å². The summed E-state index contributed by atoms with van der Waals surface area (Å²) in [4.78, 5) is 30.8. The maximum absolute atomic E-state index is 12.9. The first-order valence-electron chi connectivity index (χ1n) is 8.93. The third-order valence-corrected chi connectivity index (χ3v) is 4.90. The number of amides is 2. The van der Waals surface area contributed by atoms with Gasteiger partial charge in [0.2, 0.25) is 0 Å². The molecule has 0 atom stereocenters. The van der Waals surface area contributed by atoms with Gasteiger partial charge in [0.25, 0.3) is 11.8 Å². The summed E-state index contributed by atoms with van der Waals surface area (Å²) in [6.45, 7) is 2.39. The average Bonchev–Trinajstić information content (AvgIpc) is 2.97. The number of nitrogens with zero attached hydrogens (tertiary/aromatic N) is 2. The summed E-state index contributed by atoms with van der Waals surface area (Å²) in [5, 5.41) is 0.653. The molecule has 1 fully saturated rings. The van der Waals surface area contributed by atoms with E-state index in [1.165, 1.54) is 11.8 Å². The summed E-state index contributed by atoms with van der Waals surface area (Å²) in [7, 11) is 0. The number of hydrogen-bond acceptors (Lipinski definition) is 5. The smallest absolute Gasteiger partial charge is 0.266 e. The second kappa shape index (κ2) is 9.23. The third kappa shape index (κ3) is 4.80. The highest BCUT2D eigenvalue weighted by Crippen LogP contribution is 2.35. The van der Waals surface area contributed by atoms with Gasteiger partial charge in [0.05, 0.1) is 10.6 Å². The van der Waals surface area contributed by atoms with E-state index in [1.807, 2.05) is 49.4 Å². The molecule has 2 amide bonds. The van der Waals surface area contributed by atoms with E-state index in [4.69, 9.17) is 10.5 Å². The topological polar surface area (TPSA) is 85.0 Å². The Morgan fingerprint density at radius 2 is 1.89 bits per heavy atom. The first kappa shape index (κ1) is 19.7. The van der Waals surface area contributed by atoms with E-state index in [2.05, 4.69) is 4.99 Å². The standard InChI is InChI=1S/C21H21N3O3S/c1-2-12-24-20(26)18(28-21(24)23-16-9-4-3-5-10-16)13-15-8-6-7-11-17(15)27-14-19(22)25/h3-11,13H,2,12,14H2,1H3,(H2,22,25)/b18-13+,23-21?. The third-order valence-electron chi connectivity index (χ3n) is 3.89. The molecular weight excluding hydrogens is 374 g/mol. The number of aliphatic imine (C=N–C) groups is 1. The summed E-state index contributed by atoms with van der Waals surface area (Å²) in [5.41, 5.74) is 6.66. The number of primary amides is 1.